The van der Waals surface area contributed by atoms with Crippen molar-refractivity contribution in [2.45, 2.75) is 0 Å². The number of carboxylic acids is 1. The van der Waals surface area contributed by atoms with Gasteiger partial charge in [0.05, 0.1) is 22.8 Å². The summed E-state index contributed by atoms with van der Waals surface area (Å²) in [5.74, 6) is -4.53. The van der Waals surface area contributed by atoms with Crippen LogP contribution in [0.2, 0.25) is 0 Å². The summed E-state index contributed by atoms with van der Waals surface area (Å²) in [5, 5.41) is 15.7. The van der Waals surface area contributed by atoms with E-state index >= 15 is 0 Å². The Bertz CT molecular complexity index is 1540. The van der Waals surface area contributed by atoms with Crippen LogP contribution in [0.4, 0.5) is 14.5 Å². The third kappa shape index (κ3) is 4.72. The number of nitrogens with zero attached hydrogens (tertiary/aromatic N) is 2. The van der Waals surface area contributed by atoms with Gasteiger partial charge in [0.25, 0.3) is 0 Å². The summed E-state index contributed by atoms with van der Waals surface area (Å²) in [7, 11) is -4.01. The van der Waals surface area contributed by atoms with Crippen LogP contribution in [0.1, 0.15) is 26.4 Å². The standard InChI is InChI=1S/C21H14F2N4O5S.ClH/c1-33(31,32)27-18-15(22)7-6-13(16(18)23)19(28)17-14-8-12(9-24-20(14)26-25-17)10-2-4-11(5-3-10)21(29)30;/h2-9,27H,1H3,(H,29,30)(H,24,25,26);1H. The maximum atomic E-state index is 14.9. The molecule has 0 unspecified atom stereocenters. The summed E-state index contributed by atoms with van der Waals surface area (Å²) in [5.41, 5.74) is -0.292. The van der Waals surface area contributed by atoms with Crippen molar-refractivity contribution in [1.29, 1.82) is 0 Å². The maximum Gasteiger partial charge on any atom is 0.335 e. The van der Waals surface area contributed by atoms with Gasteiger partial charge in [-0.2, -0.15) is 5.10 Å². The number of nitrogens with one attached hydrogen (secondary N) is 2. The Balaban J connectivity index is 0.00000324. The molecule has 3 N–H and O–H groups in total. The Morgan fingerprint density at radius 2 is 1.74 bits per heavy atom. The molecule has 0 radical (unpaired) electrons. The highest BCUT2D eigenvalue weighted by atomic mass is 35.5. The maximum absolute atomic E-state index is 14.9. The second-order valence-corrected chi connectivity index (χ2v) is 8.81. The summed E-state index contributed by atoms with van der Waals surface area (Å²) in [4.78, 5) is 28.2. The summed E-state index contributed by atoms with van der Waals surface area (Å²) in [6, 6.07) is 9.19. The molecule has 0 fully saturated rings. The highest BCUT2D eigenvalue weighted by molar-refractivity contribution is 7.92. The van der Waals surface area contributed by atoms with E-state index in [0.717, 1.165) is 18.4 Å². The molecule has 4 rings (SSSR count). The molecule has 0 aliphatic carbocycles. The third-order valence-corrected chi connectivity index (χ3v) is 5.30. The van der Waals surface area contributed by atoms with Crippen molar-refractivity contribution in [3.63, 3.8) is 0 Å². The molecular weight excluding hydrogens is 494 g/mol. The zero-order valence-corrected chi connectivity index (χ0v) is 18.8. The van der Waals surface area contributed by atoms with Crippen LogP contribution in [0.5, 0.6) is 0 Å². The first-order chi connectivity index (χ1) is 15.5. The second-order valence-electron chi connectivity index (χ2n) is 7.06. The van der Waals surface area contributed by atoms with E-state index in [1.165, 1.54) is 18.3 Å². The number of hydrogen-bond donors (Lipinski definition) is 3. The van der Waals surface area contributed by atoms with E-state index in [4.69, 9.17) is 5.11 Å². The molecule has 0 bridgehead atoms. The average molecular weight is 509 g/mol. The van der Waals surface area contributed by atoms with Crippen molar-refractivity contribution >= 4 is 50.9 Å². The zero-order valence-electron chi connectivity index (χ0n) is 17.2. The minimum absolute atomic E-state index is 0. The normalized spacial score (nSPS) is 11.1. The van der Waals surface area contributed by atoms with Crippen molar-refractivity contribution in [3.8, 4) is 11.1 Å². The lowest BCUT2D eigenvalue weighted by Gasteiger charge is -2.10. The van der Waals surface area contributed by atoms with Gasteiger partial charge in [0.1, 0.15) is 17.2 Å². The van der Waals surface area contributed by atoms with Gasteiger partial charge in [-0.05, 0) is 35.9 Å². The number of carboxylic acid groups (broad SMARTS) is 1. The van der Waals surface area contributed by atoms with E-state index in [0.29, 0.717) is 11.1 Å². The van der Waals surface area contributed by atoms with E-state index in [1.54, 1.807) is 22.9 Å². The summed E-state index contributed by atoms with van der Waals surface area (Å²) < 4.78 is 53.5. The van der Waals surface area contributed by atoms with Gasteiger partial charge in [-0.1, -0.05) is 12.1 Å². The molecule has 0 aliphatic rings. The number of aromatic carboxylic acids is 1. The monoisotopic (exact) mass is 508 g/mol. The van der Waals surface area contributed by atoms with Crippen molar-refractivity contribution in [2.24, 2.45) is 0 Å². The predicted molar refractivity (Wildman–Crippen MR) is 122 cm³/mol. The zero-order chi connectivity index (χ0) is 23.9. The van der Waals surface area contributed by atoms with E-state index in [9.17, 15) is 26.8 Å². The third-order valence-electron chi connectivity index (χ3n) is 4.73. The molecule has 176 valence electrons. The number of aromatic amines is 1. The first-order valence-electron chi connectivity index (χ1n) is 9.23. The molecule has 34 heavy (non-hydrogen) atoms. The first-order valence-corrected chi connectivity index (χ1v) is 11.1. The van der Waals surface area contributed by atoms with E-state index in [2.05, 4.69) is 15.2 Å². The number of rotatable bonds is 6. The number of sulfonamides is 1. The van der Waals surface area contributed by atoms with Gasteiger partial charge in [0.2, 0.25) is 15.8 Å². The van der Waals surface area contributed by atoms with Crippen LogP contribution < -0.4 is 4.72 Å². The van der Waals surface area contributed by atoms with Gasteiger partial charge in [0, 0.05) is 11.8 Å². The van der Waals surface area contributed by atoms with Crippen molar-refractivity contribution in [3.05, 3.63) is 77.1 Å². The van der Waals surface area contributed by atoms with E-state index in [1.807, 2.05) is 0 Å². The number of carbonyl (C=O) groups excluding carboxylic acids is 1. The quantitative estimate of drug-likeness (QED) is 0.337. The molecule has 9 nitrogen and oxygen atoms in total. The SMILES string of the molecule is CS(=O)(=O)Nc1c(F)ccc(C(=O)c2[nH]nc3ncc(-c4ccc(C(=O)O)cc4)cc23)c1F.Cl. The van der Waals surface area contributed by atoms with Crippen molar-refractivity contribution < 1.29 is 31.9 Å². The van der Waals surface area contributed by atoms with E-state index < -0.39 is 44.7 Å². The van der Waals surface area contributed by atoms with Gasteiger partial charge in [-0.15, -0.1) is 12.4 Å². The summed E-state index contributed by atoms with van der Waals surface area (Å²) in [6.45, 7) is 0. The number of carbonyl (C=O) groups is 2. The number of aromatic nitrogens is 3. The predicted octanol–water partition coefficient (Wildman–Crippen LogP) is 3.63. The minimum Gasteiger partial charge on any atom is -0.478 e. The van der Waals surface area contributed by atoms with Crippen LogP contribution in [0.3, 0.4) is 0 Å². The highest BCUT2D eigenvalue weighted by Crippen LogP contribution is 2.28. The topological polar surface area (TPSA) is 142 Å². The van der Waals surface area contributed by atoms with Crippen LogP contribution in [-0.2, 0) is 10.0 Å². The fourth-order valence-corrected chi connectivity index (χ4v) is 3.74. The Morgan fingerprint density at radius 3 is 2.35 bits per heavy atom. The molecule has 4 aromatic rings. The number of pyridine rings is 1. The van der Waals surface area contributed by atoms with E-state index in [-0.39, 0.29) is 34.7 Å². The molecule has 0 amide bonds. The second kappa shape index (κ2) is 9.15. The largest absolute Gasteiger partial charge is 0.478 e. The number of benzene rings is 2. The Labute approximate surface area is 197 Å². The van der Waals surface area contributed by atoms with Gasteiger partial charge in [0.15, 0.2) is 11.5 Å². The van der Waals surface area contributed by atoms with Crippen LogP contribution >= 0.6 is 12.4 Å². The van der Waals surface area contributed by atoms with Gasteiger partial charge < -0.3 is 5.11 Å². The van der Waals surface area contributed by atoms with Crippen LogP contribution in [-0.4, -0.2) is 46.7 Å². The van der Waals surface area contributed by atoms with Crippen LogP contribution in [0.25, 0.3) is 22.2 Å². The van der Waals surface area contributed by atoms with Gasteiger partial charge in [-0.25, -0.2) is 27.0 Å². The molecule has 0 atom stereocenters. The van der Waals surface area contributed by atoms with Gasteiger partial charge >= 0.3 is 5.97 Å². The summed E-state index contributed by atoms with van der Waals surface area (Å²) in [6.07, 6.45) is 2.19. The molecule has 0 aliphatic heterocycles. The molecular formula is C21H15ClF2N4O5S. The fraction of sp³-hybridized carbons (Fsp3) is 0.0476. The number of H-pyrrole nitrogens is 1. The van der Waals surface area contributed by atoms with Crippen LogP contribution in [0, 0.1) is 11.6 Å². The first kappa shape index (κ1) is 24.7. The fourth-order valence-electron chi connectivity index (χ4n) is 3.18. The number of hydrogen-bond acceptors (Lipinski definition) is 6. The lowest BCUT2D eigenvalue weighted by atomic mass is 10.0. The van der Waals surface area contributed by atoms with Gasteiger partial charge in [-0.3, -0.25) is 14.6 Å². The minimum atomic E-state index is -4.01. The smallest absolute Gasteiger partial charge is 0.335 e. The number of halogens is 3. The van der Waals surface area contributed by atoms with Crippen LogP contribution in [0.15, 0.2) is 48.7 Å². The van der Waals surface area contributed by atoms with Crippen molar-refractivity contribution in [2.75, 3.05) is 11.0 Å². The molecule has 2 aromatic carbocycles. The molecule has 0 spiro atoms. The van der Waals surface area contributed by atoms with Crippen molar-refractivity contribution in [1.82, 2.24) is 15.2 Å². The molecule has 0 saturated carbocycles. The number of anilines is 1. The Kier molecular flexibility index (Phi) is 6.66. The number of fused-ring (bicyclic) bond motifs is 1. The molecule has 2 aromatic heterocycles. The average Bonchev–Trinajstić information content (AvgIpc) is 3.19. The lowest BCUT2D eigenvalue weighted by Crippen LogP contribution is -2.15. The Hall–Kier alpha value is -3.90. The Morgan fingerprint density at radius 1 is 1.06 bits per heavy atom. The highest BCUT2D eigenvalue weighted by Gasteiger charge is 2.24. The lowest BCUT2D eigenvalue weighted by molar-refractivity contribution is 0.0696. The molecule has 2 heterocycles. The summed E-state index contributed by atoms with van der Waals surface area (Å²) >= 11 is 0. The number of ketones is 1. The molecule has 0 saturated heterocycles. The molecule has 13 heteroatoms.